The van der Waals surface area contributed by atoms with E-state index in [1.54, 1.807) is 4.90 Å². The molecule has 0 saturated carbocycles. The normalized spacial score (nSPS) is 14.4. The fraction of sp³-hybridized carbons (Fsp3) is 0.333. The van der Waals surface area contributed by atoms with Gasteiger partial charge < -0.3 is 24.4 Å². The van der Waals surface area contributed by atoms with Gasteiger partial charge in [-0.3, -0.25) is 4.79 Å². The molecular weight excluding hydrogens is 504 g/mol. The zero-order valence-corrected chi connectivity index (χ0v) is 22.3. The van der Waals surface area contributed by atoms with E-state index >= 15 is 0 Å². The van der Waals surface area contributed by atoms with Crippen LogP contribution in [0.1, 0.15) is 37.3 Å². The topological polar surface area (TPSA) is 77.1 Å². The molecule has 0 saturated heterocycles. The summed E-state index contributed by atoms with van der Waals surface area (Å²) in [7, 11) is 0. The Bertz CT molecular complexity index is 1230. The number of amides is 2. The Balaban J connectivity index is 1.31. The number of para-hydroxylation sites is 2. The Morgan fingerprint density at radius 2 is 1.87 bits per heavy atom. The molecule has 1 aliphatic heterocycles. The molecule has 0 aromatic heterocycles. The second kappa shape index (κ2) is 13.7. The van der Waals surface area contributed by atoms with Gasteiger partial charge in [0.15, 0.2) is 6.10 Å². The number of ether oxygens (including phenoxy) is 3. The van der Waals surface area contributed by atoms with E-state index in [-0.39, 0.29) is 5.91 Å². The number of nitrogens with zero attached hydrogens (tertiary/aromatic N) is 1. The fourth-order valence-corrected chi connectivity index (χ4v) is 4.36. The number of hydrogen-bond donors (Lipinski definition) is 1. The van der Waals surface area contributed by atoms with Crippen LogP contribution < -0.4 is 19.7 Å². The lowest BCUT2D eigenvalue weighted by Crippen LogP contribution is -2.46. The number of halogens is 1. The summed E-state index contributed by atoms with van der Waals surface area (Å²) in [5.41, 5.74) is 2.63. The van der Waals surface area contributed by atoms with Crippen LogP contribution in [-0.4, -0.2) is 37.9 Å². The van der Waals surface area contributed by atoms with Crippen LogP contribution in [0.15, 0.2) is 72.8 Å². The van der Waals surface area contributed by atoms with Gasteiger partial charge in [0, 0.05) is 18.0 Å². The number of carbonyl (C=O) groups is 2. The molecule has 0 aliphatic carbocycles. The zero-order chi connectivity index (χ0) is 26.7. The van der Waals surface area contributed by atoms with Crippen LogP contribution in [0.4, 0.5) is 10.5 Å². The van der Waals surface area contributed by atoms with Gasteiger partial charge in [-0.05, 0) is 54.3 Å². The van der Waals surface area contributed by atoms with Gasteiger partial charge in [0.2, 0.25) is 0 Å². The standard InChI is InChI=1S/C30H33ClN2O5/c1-2-3-18-37-30(35)32-17-15-22-9-8-11-24(20-22)36-19-16-28-29(34)33(21-23-10-4-5-12-25(23)31)26-13-6-7-14-27(26)38-28/h4-14,20,28H,2-3,15-19,21H2,1H3,(H,32,35). The van der Waals surface area contributed by atoms with E-state index in [2.05, 4.69) is 5.32 Å². The largest absolute Gasteiger partial charge is 0.493 e. The van der Waals surface area contributed by atoms with E-state index in [1.165, 1.54) is 0 Å². The minimum atomic E-state index is -0.668. The van der Waals surface area contributed by atoms with Crippen molar-refractivity contribution in [3.63, 3.8) is 0 Å². The van der Waals surface area contributed by atoms with Gasteiger partial charge in [0.25, 0.3) is 5.91 Å². The number of fused-ring (bicyclic) bond motifs is 1. The molecule has 8 heteroatoms. The molecule has 4 rings (SSSR count). The number of rotatable bonds is 12. The highest BCUT2D eigenvalue weighted by molar-refractivity contribution is 6.31. The van der Waals surface area contributed by atoms with Crippen LogP contribution in [0, 0.1) is 0 Å². The van der Waals surface area contributed by atoms with E-state index in [0.717, 1.165) is 29.7 Å². The Labute approximate surface area is 228 Å². The lowest BCUT2D eigenvalue weighted by atomic mass is 10.1. The van der Waals surface area contributed by atoms with Crippen molar-refractivity contribution < 1.29 is 23.8 Å². The average molecular weight is 537 g/mol. The molecule has 7 nitrogen and oxygen atoms in total. The van der Waals surface area contributed by atoms with Crippen LogP contribution in [-0.2, 0) is 22.5 Å². The number of nitrogens with one attached hydrogen (secondary N) is 1. The van der Waals surface area contributed by atoms with E-state index < -0.39 is 12.2 Å². The maximum Gasteiger partial charge on any atom is 0.407 e. The van der Waals surface area contributed by atoms with Gasteiger partial charge in [-0.1, -0.05) is 67.4 Å². The van der Waals surface area contributed by atoms with Crippen molar-refractivity contribution in [2.45, 2.75) is 45.3 Å². The first-order valence-electron chi connectivity index (χ1n) is 13.0. The van der Waals surface area contributed by atoms with Crippen molar-refractivity contribution in [2.75, 3.05) is 24.7 Å². The number of alkyl carbamates (subject to hydrolysis) is 1. The Morgan fingerprint density at radius 3 is 2.71 bits per heavy atom. The smallest absolute Gasteiger partial charge is 0.407 e. The third-order valence-electron chi connectivity index (χ3n) is 6.21. The van der Waals surface area contributed by atoms with Crippen LogP contribution in [0.5, 0.6) is 11.5 Å². The predicted molar refractivity (Wildman–Crippen MR) is 148 cm³/mol. The van der Waals surface area contributed by atoms with Gasteiger partial charge in [-0.25, -0.2) is 4.79 Å². The Morgan fingerprint density at radius 1 is 1.05 bits per heavy atom. The molecule has 0 spiro atoms. The molecular formula is C30H33ClN2O5. The zero-order valence-electron chi connectivity index (χ0n) is 21.5. The Kier molecular flexibility index (Phi) is 9.87. The highest BCUT2D eigenvalue weighted by Gasteiger charge is 2.34. The SMILES string of the molecule is CCCCOC(=O)NCCc1cccc(OCCC2Oc3ccccc3N(Cc3ccccc3Cl)C2=O)c1. The summed E-state index contributed by atoms with van der Waals surface area (Å²) >= 11 is 6.38. The molecule has 1 atom stereocenters. The average Bonchev–Trinajstić information content (AvgIpc) is 2.92. The number of benzene rings is 3. The fourth-order valence-electron chi connectivity index (χ4n) is 4.16. The summed E-state index contributed by atoms with van der Waals surface area (Å²) < 4.78 is 17.1. The van der Waals surface area contributed by atoms with Gasteiger partial charge in [0.1, 0.15) is 11.5 Å². The molecule has 3 aromatic carbocycles. The number of carbonyl (C=O) groups excluding carboxylic acids is 2. The maximum absolute atomic E-state index is 13.4. The number of hydrogen-bond acceptors (Lipinski definition) is 5. The second-order valence-corrected chi connectivity index (χ2v) is 9.45. The van der Waals surface area contributed by atoms with Crippen LogP contribution in [0.3, 0.4) is 0 Å². The quantitative estimate of drug-likeness (QED) is 0.280. The third kappa shape index (κ3) is 7.42. The summed E-state index contributed by atoms with van der Waals surface area (Å²) in [5.74, 6) is 1.23. The third-order valence-corrected chi connectivity index (χ3v) is 6.58. The van der Waals surface area contributed by atoms with Crippen LogP contribution >= 0.6 is 11.6 Å². The highest BCUT2D eigenvalue weighted by atomic mass is 35.5. The number of anilines is 1. The molecule has 0 bridgehead atoms. The van der Waals surface area contributed by atoms with Crippen molar-refractivity contribution >= 4 is 29.3 Å². The molecule has 0 fully saturated rings. The van der Waals surface area contributed by atoms with Crippen molar-refractivity contribution in [3.8, 4) is 11.5 Å². The van der Waals surface area contributed by atoms with Crippen molar-refractivity contribution in [3.05, 3.63) is 88.9 Å². The van der Waals surface area contributed by atoms with Gasteiger partial charge in [-0.15, -0.1) is 0 Å². The summed E-state index contributed by atoms with van der Waals surface area (Å²) in [6.07, 6.45) is 1.82. The van der Waals surface area contributed by atoms with Crippen molar-refractivity contribution in [1.29, 1.82) is 0 Å². The van der Waals surface area contributed by atoms with Crippen LogP contribution in [0.2, 0.25) is 5.02 Å². The maximum atomic E-state index is 13.4. The van der Waals surface area contributed by atoms with Crippen molar-refractivity contribution in [2.24, 2.45) is 0 Å². The van der Waals surface area contributed by atoms with Gasteiger partial charge in [0.05, 0.1) is 25.4 Å². The molecule has 3 aromatic rings. The number of unbranched alkanes of at least 4 members (excludes halogenated alkanes) is 1. The summed E-state index contributed by atoms with van der Waals surface area (Å²) in [6, 6.07) is 22.7. The molecule has 2 amide bonds. The molecule has 0 radical (unpaired) electrons. The van der Waals surface area contributed by atoms with Crippen molar-refractivity contribution in [1.82, 2.24) is 5.32 Å². The lowest BCUT2D eigenvalue weighted by Gasteiger charge is -2.34. The molecule has 1 heterocycles. The Hall–Kier alpha value is -3.71. The first-order chi connectivity index (χ1) is 18.5. The summed E-state index contributed by atoms with van der Waals surface area (Å²) in [6.45, 7) is 3.62. The molecule has 1 unspecified atom stereocenters. The minimum absolute atomic E-state index is 0.127. The van der Waals surface area contributed by atoms with E-state index in [4.69, 9.17) is 25.8 Å². The molecule has 38 heavy (non-hydrogen) atoms. The summed E-state index contributed by atoms with van der Waals surface area (Å²) in [4.78, 5) is 26.8. The molecule has 1 N–H and O–H groups in total. The van der Waals surface area contributed by atoms with E-state index in [1.807, 2.05) is 79.7 Å². The minimum Gasteiger partial charge on any atom is -0.493 e. The summed E-state index contributed by atoms with van der Waals surface area (Å²) in [5, 5.41) is 3.38. The molecule has 1 aliphatic rings. The van der Waals surface area contributed by atoms with Gasteiger partial charge >= 0.3 is 6.09 Å². The van der Waals surface area contributed by atoms with E-state index in [9.17, 15) is 9.59 Å². The second-order valence-electron chi connectivity index (χ2n) is 9.04. The molecule has 200 valence electrons. The highest BCUT2D eigenvalue weighted by Crippen LogP contribution is 2.36. The van der Waals surface area contributed by atoms with Crippen LogP contribution in [0.25, 0.3) is 0 Å². The first kappa shape index (κ1) is 27.3. The first-order valence-corrected chi connectivity index (χ1v) is 13.4. The van der Waals surface area contributed by atoms with E-state index in [0.29, 0.717) is 55.7 Å². The predicted octanol–water partition coefficient (Wildman–Crippen LogP) is 6.17. The lowest BCUT2D eigenvalue weighted by molar-refractivity contribution is -0.127. The van der Waals surface area contributed by atoms with Gasteiger partial charge in [-0.2, -0.15) is 0 Å². The monoisotopic (exact) mass is 536 g/mol.